The van der Waals surface area contributed by atoms with Crippen molar-refractivity contribution in [1.82, 2.24) is 0 Å². The van der Waals surface area contributed by atoms with E-state index in [1.54, 1.807) is 0 Å². The third kappa shape index (κ3) is 5.79. The van der Waals surface area contributed by atoms with Crippen molar-refractivity contribution < 1.29 is 0 Å². The summed E-state index contributed by atoms with van der Waals surface area (Å²) in [5.74, 6) is 0. The van der Waals surface area contributed by atoms with Gasteiger partial charge in [0.1, 0.15) is 0 Å². The van der Waals surface area contributed by atoms with Crippen molar-refractivity contribution in [2.75, 3.05) is 9.80 Å². The summed E-state index contributed by atoms with van der Waals surface area (Å²) in [5.41, 5.74) is 26.0. The van der Waals surface area contributed by atoms with Gasteiger partial charge in [0.2, 0.25) is 0 Å². The second-order valence-electron chi connectivity index (χ2n) is 18.3. The van der Waals surface area contributed by atoms with Crippen molar-refractivity contribution in [3.8, 4) is 66.8 Å². The van der Waals surface area contributed by atoms with Crippen LogP contribution < -0.4 is 9.80 Å². The Morgan fingerprint density at radius 3 is 1.30 bits per heavy atom. The van der Waals surface area contributed by atoms with Crippen LogP contribution in [-0.2, 0) is 5.41 Å². The zero-order valence-electron chi connectivity index (χ0n) is 37.8. The summed E-state index contributed by atoms with van der Waals surface area (Å²) < 4.78 is 0. The predicted octanol–water partition coefficient (Wildman–Crippen LogP) is 18.0. The fourth-order valence-corrected chi connectivity index (χ4v) is 12.0. The highest BCUT2D eigenvalue weighted by atomic mass is 15.2. The third-order valence-corrected chi connectivity index (χ3v) is 14.8. The number of rotatable bonds is 5. The van der Waals surface area contributed by atoms with Gasteiger partial charge in [0.25, 0.3) is 0 Å². The number of benzene rings is 11. The van der Waals surface area contributed by atoms with Crippen LogP contribution in [0.2, 0.25) is 0 Å². The predicted molar refractivity (Wildman–Crippen MR) is 287 cm³/mol. The maximum Gasteiger partial charge on any atom is 0.0781 e. The van der Waals surface area contributed by atoms with Crippen molar-refractivity contribution in [3.63, 3.8) is 0 Å². The molecule has 1 aliphatic heterocycles. The fourth-order valence-electron chi connectivity index (χ4n) is 12.0. The highest BCUT2D eigenvalue weighted by Crippen LogP contribution is 2.63. The first kappa shape index (κ1) is 39.2. The molecule has 0 atom stereocenters. The Labute approximate surface area is 403 Å². The van der Waals surface area contributed by atoms with Gasteiger partial charge in [0.05, 0.1) is 22.5 Å². The minimum atomic E-state index is -0.569. The van der Waals surface area contributed by atoms with E-state index in [2.05, 4.69) is 277 Å². The van der Waals surface area contributed by atoms with Crippen LogP contribution in [0.4, 0.5) is 34.1 Å². The zero-order valence-corrected chi connectivity index (χ0v) is 37.8. The summed E-state index contributed by atoms with van der Waals surface area (Å²) in [6, 6.07) is 99.0. The van der Waals surface area contributed by atoms with Crippen molar-refractivity contribution in [1.29, 1.82) is 0 Å². The van der Waals surface area contributed by atoms with Gasteiger partial charge in [0.15, 0.2) is 0 Å². The standard InChI is InChI=1S/C67H44N2/c1-3-20-45(21-4-1)46-38-40-48(41-39-46)68(65-37-19-32-58-53-27-10-9-26-52(53)57-31-14-18-36-64(57)69(66(58)65)47-22-5-2-6-23-47)49-42-43-63-59(44-49)56-30-13-17-35-62(56)67(63)60-33-15-11-28-54(60)50-24-7-8-25-51(50)55-29-12-16-34-61(55)67/h1-44H. The minimum absolute atomic E-state index is 0.569. The SMILES string of the molecule is c1ccc(-c2ccc(N(c3ccc4c(c3)-c3ccccc3C43c4ccccc4-c4ccccc4-c4ccccc43)c3cccc4c3N(c3ccccc3)c3ccccc3-c3ccccc3-4)cc2)cc1. The van der Waals surface area contributed by atoms with E-state index in [1.165, 1.54) is 89.0 Å². The van der Waals surface area contributed by atoms with Crippen LogP contribution in [0.25, 0.3) is 66.8 Å². The lowest BCUT2D eigenvalue weighted by Crippen LogP contribution is -2.29. The summed E-state index contributed by atoms with van der Waals surface area (Å²) in [7, 11) is 0. The molecule has 0 amide bonds. The lowest BCUT2D eigenvalue weighted by Gasteiger charge is -2.36. The van der Waals surface area contributed by atoms with Crippen molar-refractivity contribution in [3.05, 3.63) is 289 Å². The molecule has 0 N–H and O–H groups in total. The summed E-state index contributed by atoms with van der Waals surface area (Å²) in [5, 5.41) is 0. The average Bonchev–Trinajstić information content (AvgIpc) is 3.57. The van der Waals surface area contributed by atoms with E-state index in [0.29, 0.717) is 0 Å². The summed E-state index contributed by atoms with van der Waals surface area (Å²) >= 11 is 0. The van der Waals surface area contributed by atoms with E-state index >= 15 is 0 Å². The molecule has 0 saturated heterocycles. The number of anilines is 6. The van der Waals surface area contributed by atoms with E-state index in [-0.39, 0.29) is 0 Å². The van der Waals surface area contributed by atoms with Gasteiger partial charge in [-0.15, -0.1) is 0 Å². The number of fused-ring (bicyclic) bond motifs is 17. The van der Waals surface area contributed by atoms with E-state index in [0.717, 1.165) is 34.1 Å². The summed E-state index contributed by atoms with van der Waals surface area (Å²) in [6.45, 7) is 0. The normalized spacial score (nSPS) is 13.0. The minimum Gasteiger partial charge on any atom is -0.308 e. The molecule has 0 fully saturated rings. The Bertz CT molecular complexity index is 3730. The topological polar surface area (TPSA) is 6.48 Å². The quantitative estimate of drug-likeness (QED) is 0.170. The Kier molecular flexibility index (Phi) is 8.84. The molecule has 0 aromatic heterocycles. The van der Waals surface area contributed by atoms with Crippen molar-refractivity contribution >= 4 is 34.1 Å². The second kappa shape index (κ2) is 15.6. The Balaban J connectivity index is 1.06. The van der Waals surface area contributed by atoms with E-state index in [9.17, 15) is 0 Å². The molecule has 2 heteroatoms. The second-order valence-corrected chi connectivity index (χ2v) is 18.3. The molecule has 0 saturated carbocycles. The third-order valence-electron chi connectivity index (χ3n) is 14.8. The molecular formula is C67H44N2. The van der Waals surface area contributed by atoms with Crippen LogP contribution in [0.5, 0.6) is 0 Å². The number of nitrogens with zero attached hydrogens (tertiary/aromatic N) is 2. The molecule has 69 heavy (non-hydrogen) atoms. The smallest absolute Gasteiger partial charge is 0.0781 e. The van der Waals surface area contributed by atoms with Crippen LogP contribution in [0.15, 0.2) is 267 Å². The fraction of sp³-hybridized carbons (Fsp3) is 0.0149. The molecule has 2 aliphatic carbocycles. The molecule has 0 radical (unpaired) electrons. The van der Waals surface area contributed by atoms with Gasteiger partial charge in [-0.05, 0) is 126 Å². The number of hydrogen-bond donors (Lipinski definition) is 0. The first-order valence-corrected chi connectivity index (χ1v) is 23.9. The molecule has 1 spiro atoms. The van der Waals surface area contributed by atoms with Gasteiger partial charge in [-0.2, -0.15) is 0 Å². The first-order valence-electron chi connectivity index (χ1n) is 23.9. The van der Waals surface area contributed by atoms with Gasteiger partial charge in [-0.25, -0.2) is 0 Å². The highest BCUT2D eigenvalue weighted by Gasteiger charge is 2.50. The van der Waals surface area contributed by atoms with Gasteiger partial charge >= 0.3 is 0 Å². The lowest BCUT2D eigenvalue weighted by atomic mass is 9.66. The average molecular weight is 877 g/mol. The molecule has 1 heterocycles. The van der Waals surface area contributed by atoms with E-state index < -0.39 is 5.41 Å². The summed E-state index contributed by atoms with van der Waals surface area (Å²) in [4.78, 5) is 4.98. The van der Waals surface area contributed by atoms with Crippen LogP contribution >= 0.6 is 0 Å². The monoisotopic (exact) mass is 876 g/mol. The number of para-hydroxylation sites is 3. The molecule has 2 nitrogen and oxygen atoms in total. The highest BCUT2D eigenvalue weighted by molar-refractivity contribution is 6.08. The van der Waals surface area contributed by atoms with Gasteiger partial charge in [-0.3, -0.25) is 0 Å². The van der Waals surface area contributed by atoms with Gasteiger partial charge in [0, 0.05) is 28.2 Å². The van der Waals surface area contributed by atoms with Crippen LogP contribution in [0.3, 0.4) is 0 Å². The van der Waals surface area contributed by atoms with Crippen LogP contribution in [0.1, 0.15) is 22.3 Å². The molecule has 0 unspecified atom stereocenters. The molecule has 3 aliphatic rings. The number of hydrogen-bond acceptors (Lipinski definition) is 2. The molecule has 11 aromatic carbocycles. The van der Waals surface area contributed by atoms with Gasteiger partial charge < -0.3 is 9.80 Å². The van der Waals surface area contributed by atoms with Crippen LogP contribution in [0, 0.1) is 0 Å². The Hall–Kier alpha value is -8.98. The molecule has 0 bridgehead atoms. The molecule has 11 aromatic rings. The lowest BCUT2D eigenvalue weighted by molar-refractivity contribution is 0.775. The Morgan fingerprint density at radius 2 is 0.696 bits per heavy atom. The molecule has 322 valence electrons. The van der Waals surface area contributed by atoms with Crippen molar-refractivity contribution in [2.45, 2.75) is 5.41 Å². The first-order chi connectivity index (χ1) is 34.3. The van der Waals surface area contributed by atoms with E-state index in [4.69, 9.17) is 0 Å². The molecule has 14 rings (SSSR count). The zero-order chi connectivity index (χ0) is 45.5. The maximum atomic E-state index is 2.50. The maximum absolute atomic E-state index is 2.50. The Morgan fingerprint density at radius 1 is 0.275 bits per heavy atom. The van der Waals surface area contributed by atoms with Crippen LogP contribution in [-0.4, -0.2) is 0 Å². The van der Waals surface area contributed by atoms with Crippen molar-refractivity contribution in [2.24, 2.45) is 0 Å². The summed E-state index contributed by atoms with van der Waals surface area (Å²) in [6.07, 6.45) is 0. The molecular weight excluding hydrogens is 833 g/mol. The largest absolute Gasteiger partial charge is 0.308 e. The van der Waals surface area contributed by atoms with Gasteiger partial charge in [-0.1, -0.05) is 218 Å². The van der Waals surface area contributed by atoms with E-state index in [1.807, 2.05) is 0 Å².